The summed E-state index contributed by atoms with van der Waals surface area (Å²) in [5.74, 6) is -0.872. The lowest BCUT2D eigenvalue weighted by Crippen LogP contribution is -2.63. The summed E-state index contributed by atoms with van der Waals surface area (Å²) >= 11 is 0. The lowest BCUT2D eigenvalue weighted by atomic mass is 9.97. The molecule has 0 radical (unpaired) electrons. The molecule has 0 saturated heterocycles. The number of aromatic nitrogens is 1. The van der Waals surface area contributed by atoms with Gasteiger partial charge >= 0.3 is 0 Å². The summed E-state index contributed by atoms with van der Waals surface area (Å²) in [4.78, 5) is 47.2. The first kappa shape index (κ1) is 25.1. The molecule has 0 spiro atoms. The first-order chi connectivity index (χ1) is 18.2. The van der Waals surface area contributed by atoms with Crippen LogP contribution < -0.4 is 10.1 Å². The molecule has 2 aromatic carbocycles. The third-order valence-electron chi connectivity index (χ3n) is 6.78. The van der Waals surface area contributed by atoms with E-state index in [1.807, 2.05) is 37.3 Å². The van der Waals surface area contributed by atoms with Crippen LogP contribution in [0.4, 0.5) is 0 Å². The quantitative estimate of drug-likeness (QED) is 0.416. The summed E-state index contributed by atoms with van der Waals surface area (Å²) in [6, 6.07) is 14.4. The Morgan fingerprint density at radius 3 is 2.63 bits per heavy atom. The molecule has 0 aliphatic carbocycles. The van der Waals surface area contributed by atoms with Crippen LogP contribution in [0.25, 0.3) is 22.4 Å². The van der Waals surface area contributed by atoms with Gasteiger partial charge in [-0.05, 0) is 37.6 Å². The van der Waals surface area contributed by atoms with Crippen molar-refractivity contribution in [3.05, 3.63) is 72.3 Å². The van der Waals surface area contributed by atoms with Gasteiger partial charge in [0, 0.05) is 19.7 Å². The summed E-state index contributed by atoms with van der Waals surface area (Å²) in [6.07, 6.45) is 3.00. The van der Waals surface area contributed by atoms with Crippen molar-refractivity contribution in [3.63, 3.8) is 0 Å². The van der Waals surface area contributed by atoms with Crippen molar-refractivity contribution in [2.24, 2.45) is 0 Å². The Kier molecular flexibility index (Phi) is 6.40. The zero-order chi connectivity index (χ0) is 27.0. The molecule has 4 aromatic rings. The monoisotopic (exact) mass is 516 g/mol. The minimum Gasteiger partial charge on any atom is -0.486 e. The van der Waals surface area contributed by atoms with E-state index < -0.39 is 17.4 Å². The molecule has 0 saturated carbocycles. The van der Waals surface area contributed by atoms with Gasteiger partial charge in [-0.3, -0.25) is 14.4 Å². The van der Waals surface area contributed by atoms with Gasteiger partial charge < -0.3 is 28.7 Å². The average molecular weight is 517 g/mol. The second-order valence-electron chi connectivity index (χ2n) is 9.66. The fourth-order valence-corrected chi connectivity index (χ4v) is 4.38. The van der Waals surface area contributed by atoms with Gasteiger partial charge in [0.15, 0.2) is 11.3 Å². The molecule has 0 bridgehead atoms. The van der Waals surface area contributed by atoms with Gasteiger partial charge in [-0.15, -0.1) is 0 Å². The maximum atomic E-state index is 13.9. The summed E-state index contributed by atoms with van der Waals surface area (Å²) in [5.41, 5.74) is 0.458. The SMILES string of the molecule is C[C@H](NC(=O)[C@@]1(C)COc2c(oc3cc(-c4ncco4)ccc23)C(=O)N1CC(=O)N(C)C)c1ccccc1. The van der Waals surface area contributed by atoms with Gasteiger partial charge in [-0.2, -0.15) is 0 Å². The Hall–Kier alpha value is -4.60. The number of oxazole rings is 1. The summed E-state index contributed by atoms with van der Waals surface area (Å²) < 4.78 is 17.5. The number of fused-ring (bicyclic) bond motifs is 3. The first-order valence-corrected chi connectivity index (χ1v) is 12.2. The van der Waals surface area contributed by atoms with Crippen molar-refractivity contribution >= 4 is 28.7 Å². The fourth-order valence-electron chi connectivity index (χ4n) is 4.38. The highest BCUT2D eigenvalue weighted by atomic mass is 16.5. The van der Waals surface area contributed by atoms with Gasteiger partial charge in [-0.25, -0.2) is 4.98 Å². The lowest BCUT2D eigenvalue weighted by molar-refractivity contribution is -0.137. The summed E-state index contributed by atoms with van der Waals surface area (Å²) in [7, 11) is 3.18. The van der Waals surface area contributed by atoms with Crippen molar-refractivity contribution in [2.45, 2.75) is 25.4 Å². The molecular weight excluding hydrogens is 488 g/mol. The van der Waals surface area contributed by atoms with Crippen molar-refractivity contribution < 1.29 is 28.0 Å². The van der Waals surface area contributed by atoms with Crippen LogP contribution in [0, 0.1) is 0 Å². The van der Waals surface area contributed by atoms with E-state index in [1.54, 1.807) is 39.2 Å². The molecule has 1 N–H and O–H groups in total. The molecule has 3 amide bonds. The number of furan rings is 1. The zero-order valence-electron chi connectivity index (χ0n) is 21.6. The molecule has 0 fully saturated rings. The number of carbonyl (C=O) groups is 3. The van der Waals surface area contributed by atoms with Crippen LogP contribution >= 0.6 is 0 Å². The second-order valence-corrected chi connectivity index (χ2v) is 9.66. The number of amides is 3. The Labute approximate surface area is 219 Å². The van der Waals surface area contributed by atoms with Crippen LogP contribution in [0.5, 0.6) is 5.75 Å². The molecular formula is C28H28N4O6. The van der Waals surface area contributed by atoms with E-state index in [4.69, 9.17) is 13.6 Å². The van der Waals surface area contributed by atoms with E-state index in [2.05, 4.69) is 10.3 Å². The molecule has 196 valence electrons. The number of rotatable bonds is 6. The Bertz CT molecular complexity index is 1490. The Morgan fingerprint density at radius 1 is 1.18 bits per heavy atom. The highest BCUT2D eigenvalue weighted by Crippen LogP contribution is 2.40. The third-order valence-corrected chi connectivity index (χ3v) is 6.78. The smallest absolute Gasteiger partial charge is 0.295 e. The minimum atomic E-state index is -1.50. The van der Waals surface area contributed by atoms with Gasteiger partial charge in [0.05, 0.1) is 17.6 Å². The minimum absolute atomic E-state index is 0.0799. The highest BCUT2D eigenvalue weighted by molar-refractivity contribution is 6.06. The number of benzene rings is 2. The molecule has 2 aromatic heterocycles. The van der Waals surface area contributed by atoms with Crippen molar-refractivity contribution in [2.75, 3.05) is 27.2 Å². The predicted octanol–water partition coefficient (Wildman–Crippen LogP) is 3.65. The topological polar surface area (TPSA) is 118 Å². The number of ether oxygens (including phenoxy) is 1. The highest BCUT2D eigenvalue weighted by Gasteiger charge is 2.49. The number of carbonyl (C=O) groups excluding carboxylic acids is 3. The predicted molar refractivity (Wildman–Crippen MR) is 138 cm³/mol. The standard InChI is InChI=1S/C28H28N4O6/c1-17(18-8-6-5-7-9-18)30-27(35)28(2)16-37-23-20-11-10-19(25-29-12-13-36-25)14-21(20)38-24(23)26(34)32(28)15-22(33)31(3)4/h5-14,17H,15-16H2,1-4H3,(H,30,35)/t17-,28+/m0/s1. The largest absolute Gasteiger partial charge is 0.486 e. The summed E-state index contributed by atoms with van der Waals surface area (Å²) in [5, 5.41) is 3.54. The molecule has 2 atom stereocenters. The molecule has 5 rings (SSSR count). The normalized spacial score (nSPS) is 17.9. The Balaban J connectivity index is 1.52. The second kappa shape index (κ2) is 9.70. The van der Waals surface area contributed by atoms with Gasteiger partial charge in [0.2, 0.25) is 23.5 Å². The van der Waals surface area contributed by atoms with Crippen LogP contribution in [-0.4, -0.2) is 65.3 Å². The van der Waals surface area contributed by atoms with Crippen molar-refractivity contribution in [1.82, 2.24) is 20.1 Å². The van der Waals surface area contributed by atoms with Crippen LogP contribution in [0.1, 0.15) is 36.0 Å². The van der Waals surface area contributed by atoms with E-state index in [9.17, 15) is 14.4 Å². The van der Waals surface area contributed by atoms with E-state index in [1.165, 1.54) is 22.3 Å². The van der Waals surface area contributed by atoms with Gasteiger partial charge in [0.1, 0.15) is 25.0 Å². The first-order valence-electron chi connectivity index (χ1n) is 12.2. The van der Waals surface area contributed by atoms with Gasteiger partial charge in [-0.1, -0.05) is 30.3 Å². The molecule has 0 unspecified atom stereocenters. The fraction of sp³-hybridized carbons (Fsp3) is 0.286. The molecule has 10 nitrogen and oxygen atoms in total. The zero-order valence-corrected chi connectivity index (χ0v) is 21.6. The van der Waals surface area contributed by atoms with Crippen LogP contribution in [0.3, 0.4) is 0 Å². The number of hydrogen-bond acceptors (Lipinski definition) is 7. The van der Waals surface area contributed by atoms with E-state index in [0.717, 1.165) is 5.56 Å². The van der Waals surface area contributed by atoms with Crippen LogP contribution in [-0.2, 0) is 9.59 Å². The molecule has 3 heterocycles. The maximum Gasteiger partial charge on any atom is 0.295 e. The van der Waals surface area contributed by atoms with Crippen LogP contribution in [0.15, 0.2) is 69.8 Å². The lowest BCUT2D eigenvalue weighted by Gasteiger charge is -2.38. The number of likely N-dealkylation sites (N-methyl/N-ethyl adjacent to an activating group) is 1. The number of nitrogens with one attached hydrogen (secondary N) is 1. The van der Waals surface area contributed by atoms with Gasteiger partial charge in [0.25, 0.3) is 5.91 Å². The van der Waals surface area contributed by atoms with Crippen LogP contribution in [0.2, 0.25) is 0 Å². The molecule has 10 heteroatoms. The summed E-state index contributed by atoms with van der Waals surface area (Å²) in [6.45, 7) is 2.93. The Morgan fingerprint density at radius 2 is 1.95 bits per heavy atom. The average Bonchev–Trinajstić information content (AvgIpc) is 3.56. The maximum absolute atomic E-state index is 13.9. The molecule has 1 aliphatic rings. The number of hydrogen-bond donors (Lipinski definition) is 1. The van der Waals surface area contributed by atoms with E-state index >= 15 is 0 Å². The number of nitrogens with zero attached hydrogens (tertiary/aromatic N) is 3. The molecule has 1 aliphatic heterocycles. The van der Waals surface area contributed by atoms with Crippen molar-refractivity contribution in [1.29, 1.82) is 0 Å². The van der Waals surface area contributed by atoms with E-state index in [-0.39, 0.29) is 36.6 Å². The third kappa shape index (κ3) is 4.38. The molecule has 38 heavy (non-hydrogen) atoms. The van der Waals surface area contributed by atoms with Crippen molar-refractivity contribution in [3.8, 4) is 17.2 Å². The van der Waals surface area contributed by atoms with E-state index in [0.29, 0.717) is 22.4 Å².